The fraction of sp³-hybridized carbons (Fsp3) is 0.200. The third kappa shape index (κ3) is 5.32. The first-order chi connectivity index (χ1) is 14.5. The van der Waals surface area contributed by atoms with Crippen LogP contribution < -0.4 is 20.5 Å². The lowest BCUT2D eigenvalue weighted by atomic mass is 10.2. The normalized spacial score (nSPS) is 10.9. The Morgan fingerprint density at radius 2 is 2.07 bits per heavy atom. The maximum Gasteiger partial charge on any atom is 0.274 e. The summed E-state index contributed by atoms with van der Waals surface area (Å²) in [6.07, 6.45) is 1.51. The lowest BCUT2D eigenvalue weighted by Crippen LogP contribution is -2.15. The SMILES string of the molecule is CCOc1cc(/C=N/Nc2nnc(C)c(=O)[nH]2)ccc1OCc1c(F)cccc1Cl. The highest BCUT2D eigenvalue weighted by molar-refractivity contribution is 6.31. The number of hydrogen-bond donors (Lipinski definition) is 2. The van der Waals surface area contributed by atoms with Crippen molar-refractivity contribution >= 4 is 23.8 Å². The van der Waals surface area contributed by atoms with Gasteiger partial charge in [-0.1, -0.05) is 17.7 Å². The molecule has 156 valence electrons. The molecule has 1 aromatic heterocycles. The van der Waals surface area contributed by atoms with Gasteiger partial charge in [0.05, 0.1) is 17.8 Å². The van der Waals surface area contributed by atoms with Crippen molar-refractivity contribution in [1.29, 1.82) is 0 Å². The summed E-state index contributed by atoms with van der Waals surface area (Å²) < 4.78 is 25.3. The molecule has 3 rings (SSSR count). The first-order valence-electron chi connectivity index (χ1n) is 9.03. The van der Waals surface area contributed by atoms with E-state index in [0.717, 1.165) is 0 Å². The van der Waals surface area contributed by atoms with Crippen LogP contribution in [0.15, 0.2) is 46.3 Å². The standard InChI is InChI=1S/C20H19ClFN5O3/c1-3-29-18-9-13(10-23-26-20-24-19(28)12(2)25-27-20)7-8-17(18)30-11-14-15(21)5-4-6-16(14)22/h4-10H,3,11H2,1-2H3,(H2,24,26,27,28)/b23-10+. The molecule has 0 aliphatic rings. The Labute approximate surface area is 176 Å². The van der Waals surface area contributed by atoms with Gasteiger partial charge < -0.3 is 9.47 Å². The number of ether oxygens (including phenoxy) is 2. The Hall–Kier alpha value is -3.46. The molecule has 0 spiro atoms. The van der Waals surface area contributed by atoms with E-state index in [0.29, 0.717) is 28.7 Å². The number of nitrogens with zero attached hydrogens (tertiary/aromatic N) is 3. The molecule has 0 aliphatic carbocycles. The monoisotopic (exact) mass is 431 g/mol. The van der Waals surface area contributed by atoms with E-state index >= 15 is 0 Å². The van der Waals surface area contributed by atoms with Gasteiger partial charge in [0.15, 0.2) is 11.5 Å². The average molecular weight is 432 g/mol. The second-order valence-corrected chi connectivity index (χ2v) is 6.49. The van der Waals surface area contributed by atoms with Crippen molar-refractivity contribution in [2.75, 3.05) is 12.0 Å². The van der Waals surface area contributed by atoms with Crippen LogP contribution in [0.1, 0.15) is 23.7 Å². The molecular formula is C20H19ClFN5O3. The Bertz CT molecular complexity index is 1100. The number of aromatic amines is 1. The molecule has 30 heavy (non-hydrogen) atoms. The van der Waals surface area contributed by atoms with Crippen molar-refractivity contribution < 1.29 is 13.9 Å². The second-order valence-electron chi connectivity index (χ2n) is 6.09. The number of hydrogen-bond acceptors (Lipinski definition) is 7. The van der Waals surface area contributed by atoms with Crippen LogP contribution >= 0.6 is 11.6 Å². The summed E-state index contributed by atoms with van der Waals surface area (Å²) in [5, 5.41) is 11.8. The van der Waals surface area contributed by atoms with Gasteiger partial charge in [-0.05, 0) is 49.7 Å². The molecule has 8 nitrogen and oxygen atoms in total. The van der Waals surface area contributed by atoms with Crippen molar-refractivity contribution in [3.05, 3.63) is 74.4 Å². The van der Waals surface area contributed by atoms with E-state index < -0.39 is 5.82 Å². The number of hydrazone groups is 1. The van der Waals surface area contributed by atoms with Gasteiger partial charge in [0.25, 0.3) is 5.56 Å². The number of nitrogens with one attached hydrogen (secondary N) is 2. The molecule has 0 bridgehead atoms. The van der Waals surface area contributed by atoms with Crippen LogP contribution in [-0.2, 0) is 6.61 Å². The molecule has 2 aromatic carbocycles. The van der Waals surface area contributed by atoms with E-state index in [1.165, 1.54) is 18.3 Å². The largest absolute Gasteiger partial charge is 0.490 e. The summed E-state index contributed by atoms with van der Waals surface area (Å²) in [5.41, 5.74) is 3.48. The first kappa shape index (κ1) is 21.3. The summed E-state index contributed by atoms with van der Waals surface area (Å²) >= 11 is 6.04. The third-order valence-corrected chi connectivity index (χ3v) is 4.30. The zero-order chi connectivity index (χ0) is 21.5. The van der Waals surface area contributed by atoms with Crippen molar-refractivity contribution in [3.8, 4) is 11.5 Å². The summed E-state index contributed by atoms with van der Waals surface area (Å²) in [6.45, 7) is 3.76. The van der Waals surface area contributed by atoms with Gasteiger partial charge in [0.2, 0.25) is 5.95 Å². The van der Waals surface area contributed by atoms with Gasteiger partial charge in [-0.3, -0.25) is 9.78 Å². The number of aryl methyl sites for hydroxylation is 1. The van der Waals surface area contributed by atoms with Crippen LogP contribution in [0, 0.1) is 12.7 Å². The molecule has 1 heterocycles. The number of anilines is 1. The van der Waals surface area contributed by atoms with E-state index in [-0.39, 0.29) is 29.4 Å². The molecule has 2 N–H and O–H groups in total. The Morgan fingerprint density at radius 1 is 1.23 bits per heavy atom. The molecule has 0 radical (unpaired) electrons. The molecule has 0 unspecified atom stereocenters. The minimum Gasteiger partial charge on any atom is -0.490 e. The molecule has 0 saturated carbocycles. The summed E-state index contributed by atoms with van der Waals surface area (Å²) in [7, 11) is 0. The van der Waals surface area contributed by atoms with Gasteiger partial charge in [0, 0.05) is 5.56 Å². The lowest BCUT2D eigenvalue weighted by Gasteiger charge is -2.13. The highest BCUT2D eigenvalue weighted by atomic mass is 35.5. The predicted molar refractivity (Wildman–Crippen MR) is 112 cm³/mol. The van der Waals surface area contributed by atoms with Crippen LogP contribution in [0.25, 0.3) is 0 Å². The number of benzene rings is 2. The molecule has 0 saturated heterocycles. The Kier molecular flexibility index (Phi) is 6.97. The van der Waals surface area contributed by atoms with Crippen LogP contribution in [0.3, 0.4) is 0 Å². The number of halogens is 2. The maximum atomic E-state index is 13.9. The molecular weight excluding hydrogens is 413 g/mol. The molecule has 0 atom stereocenters. The predicted octanol–water partition coefficient (Wildman–Crippen LogP) is 3.69. The summed E-state index contributed by atoms with van der Waals surface area (Å²) in [4.78, 5) is 14.0. The van der Waals surface area contributed by atoms with E-state index in [1.54, 1.807) is 31.2 Å². The molecule has 0 fully saturated rings. The zero-order valence-electron chi connectivity index (χ0n) is 16.3. The van der Waals surface area contributed by atoms with Crippen molar-refractivity contribution in [1.82, 2.24) is 15.2 Å². The van der Waals surface area contributed by atoms with Crippen molar-refractivity contribution in [2.24, 2.45) is 5.10 Å². The molecule has 3 aromatic rings. The fourth-order valence-electron chi connectivity index (χ4n) is 2.42. The number of aromatic nitrogens is 3. The van der Waals surface area contributed by atoms with Crippen LogP contribution in [0.5, 0.6) is 11.5 Å². The molecule has 10 heteroatoms. The number of H-pyrrole nitrogens is 1. The minimum absolute atomic E-state index is 0.0416. The van der Waals surface area contributed by atoms with E-state index in [9.17, 15) is 9.18 Å². The van der Waals surface area contributed by atoms with Crippen LogP contribution in [0.2, 0.25) is 5.02 Å². The zero-order valence-corrected chi connectivity index (χ0v) is 17.0. The van der Waals surface area contributed by atoms with Gasteiger partial charge in [-0.15, -0.1) is 10.2 Å². The first-order valence-corrected chi connectivity index (χ1v) is 9.41. The van der Waals surface area contributed by atoms with Gasteiger partial charge in [-0.2, -0.15) is 5.10 Å². The highest BCUT2D eigenvalue weighted by Crippen LogP contribution is 2.30. The average Bonchev–Trinajstić information content (AvgIpc) is 2.72. The molecule has 0 aliphatic heterocycles. The van der Waals surface area contributed by atoms with Crippen molar-refractivity contribution in [2.45, 2.75) is 20.5 Å². The van der Waals surface area contributed by atoms with Crippen molar-refractivity contribution in [3.63, 3.8) is 0 Å². The summed E-state index contributed by atoms with van der Waals surface area (Å²) in [6, 6.07) is 9.62. The van der Waals surface area contributed by atoms with E-state index in [2.05, 4.69) is 25.7 Å². The smallest absolute Gasteiger partial charge is 0.274 e. The highest BCUT2D eigenvalue weighted by Gasteiger charge is 2.11. The lowest BCUT2D eigenvalue weighted by molar-refractivity contribution is 0.266. The Balaban J connectivity index is 1.72. The quantitative estimate of drug-likeness (QED) is 0.416. The summed E-state index contributed by atoms with van der Waals surface area (Å²) in [5.74, 6) is 0.591. The van der Waals surface area contributed by atoms with Crippen LogP contribution in [0.4, 0.5) is 10.3 Å². The second kappa shape index (κ2) is 9.84. The van der Waals surface area contributed by atoms with E-state index in [4.69, 9.17) is 21.1 Å². The Morgan fingerprint density at radius 3 is 2.80 bits per heavy atom. The molecule has 0 amide bonds. The fourth-order valence-corrected chi connectivity index (χ4v) is 2.64. The van der Waals surface area contributed by atoms with E-state index in [1.807, 2.05) is 6.92 Å². The number of rotatable bonds is 8. The van der Waals surface area contributed by atoms with Gasteiger partial charge in [-0.25, -0.2) is 9.82 Å². The maximum absolute atomic E-state index is 13.9. The third-order valence-electron chi connectivity index (χ3n) is 3.95. The topological polar surface area (TPSA) is 101 Å². The van der Waals surface area contributed by atoms with Gasteiger partial charge >= 0.3 is 0 Å². The van der Waals surface area contributed by atoms with Gasteiger partial charge in [0.1, 0.15) is 18.1 Å². The van der Waals surface area contributed by atoms with Crippen LogP contribution in [-0.4, -0.2) is 28.0 Å². The minimum atomic E-state index is -0.437.